The van der Waals surface area contributed by atoms with Gasteiger partial charge in [-0.15, -0.1) is 0 Å². The lowest BCUT2D eigenvalue weighted by Gasteiger charge is -2.05. The van der Waals surface area contributed by atoms with Crippen molar-refractivity contribution in [1.82, 2.24) is 0 Å². The van der Waals surface area contributed by atoms with E-state index in [1.54, 1.807) is 0 Å². The van der Waals surface area contributed by atoms with E-state index < -0.39 is 5.91 Å². The van der Waals surface area contributed by atoms with Crippen LogP contribution < -0.4 is 10.5 Å². The van der Waals surface area contributed by atoms with Crippen molar-refractivity contribution >= 4 is 5.91 Å². The zero-order valence-corrected chi connectivity index (χ0v) is 7.23. The second-order valence-electron chi connectivity index (χ2n) is 2.55. The number of nitrogens with zero attached hydrogens (tertiary/aromatic N) is 1. The normalized spacial score (nSPS) is 9.07. The molecule has 5 heteroatoms. The van der Waals surface area contributed by atoms with Gasteiger partial charge in [0.05, 0.1) is 5.56 Å². The Labute approximate surface area is 80.3 Å². The maximum Gasteiger partial charge on any atom is 0.255 e. The predicted molar refractivity (Wildman–Crippen MR) is 47.5 cm³/mol. The third-order valence-electron chi connectivity index (χ3n) is 1.46. The van der Waals surface area contributed by atoms with Gasteiger partial charge in [-0.25, -0.2) is 0 Å². The maximum atomic E-state index is 10.4. The average molecular weight is 192 g/mol. The molecule has 0 spiro atoms. The van der Waals surface area contributed by atoms with Crippen LogP contribution in [0.25, 0.3) is 0 Å². The number of ether oxygens (including phenoxy) is 1. The molecule has 0 aliphatic carbocycles. The summed E-state index contributed by atoms with van der Waals surface area (Å²) in [6.07, 6.45) is 0. The molecule has 3 N–H and O–H groups in total. The van der Waals surface area contributed by atoms with Gasteiger partial charge in [-0.2, -0.15) is 5.26 Å². The molecule has 0 saturated carbocycles. The number of carbonyl (C=O) groups excluding carboxylic acids is 1. The minimum absolute atomic E-state index is 0.0385. The van der Waals surface area contributed by atoms with Crippen LogP contribution in [0.15, 0.2) is 18.2 Å². The molecule has 0 atom stereocenters. The SMILES string of the molecule is N#Cc1ccc(O)cc1OCC(N)=O. The van der Waals surface area contributed by atoms with Gasteiger partial charge < -0.3 is 15.6 Å². The minimum Gasteiger partial charge on any atom is -0.508 e. The third-order valence-corrected chi connectivity index (χ3v) is 1.46. The molecule has 1 aromatic rings. The summed E-state index contributed by atoms with van der Waals surface area (Å²) in [5, 5.41) is 17.7. The second-order valence-corrected chi connectivity index (χ2v) is 2.55. The summed E-state index contributed by atoms with van der Waals surface area (Å²) in [6.45, 7) is -0.321. The number of amides is 1. The zero-order chi connectivity index (χ0) is 10.6. The first-order valence-electron chi connectivity index (χ1n) is 3.77. The van der Waals surface area contributed by atoms with E-state index in [4.69, 9.17) is 20.8 Å². The summed E-state index contributed by atoms with van der Waals surface area (Å²) in [6, 6.07) is 5.86. The molecule has 0 aliphatic rings. The number of phenolic OH excluding ortho intramolecular Hbond substituents is 1. The molecular formula is C9H8N2O3. The van der Waals surface area contributed by atoms with Crippen LogP contribution in [-0.2, 0) is 4.79 Å². The second kappa shape index (κ2) is 4.14. The van der Waals surface area contributed by atoms with Crippen molar-refractivity contribution in [2.75, 3.05) is 6.61 Å². The van der Waals surface area contributed by atoms with Crippen molar-refractivity contribution in [3.8, 4) is 17.6 Å². The van der Waals surface area contributed by atoms with E-state index in [0.29, 0.717) is 0 Å². The molecule has 0 bridgehead atoms. The number of hydrogen-bond acceptors (Lipinski definition) is 4. The molecule has 1 amide bonds. The Hall–Kier alpha value is -2.22. The van der Waals surface area contributed by atoms with Gasteiger partial charge >= 0.3 is 0 Å². The van der Waals surface area contributed by atoms with E-state index >= 15 is 0 Å². The Kier molecular flexibility index (Phi) is 2.92. The standard InChI is InChI=1S/C9H8N2O3/c10-4-6-1-2-7(12)3-8(6)14-5-9(11)13/h1-3,12H,5H2,(H2,11,13). The lowest BCUT2D eigenvalue weighted by Crippen LogP contribution is -2.20. The van der Waals surface area contributed by atoms with E-state index in [-0.39, 0.29) is 23.7 Å². The number of benzene rings is 1. The van der Waals surface area contributed by atoms with Gasteiger partial charge in [-0.05, 0) is 12.1 Å². The van der Waals surface area contributed by atoms with E-state index in [9.17, 15) is 4.79 Å². The molecule has 0 saturated heterocycles. The highest BCUT2D eigenvalue weighted by Gasteiger charge is 2.05. The van der Waals surface area contributed by atoms with Crippen molar-refractivity contribution < 1.29 is 14.6 Å². The first kappa shape index (κ1) is 9.86. The molecular weight excluding hydrogens is 184 g/mol. The van der Waals surface area contributed by atoms with E-state index in [1.165, 1.54) is 18.2 Å². The quantitative estimate of drug-likeness (QED) is 0.711. The smallest absolute Gasteiger partial charge is 0.255 e. The fourth-order valence-corrected chi connectivity index (χ4v) is 0.872. The molecule has 72 valence electrons. The van der Waals surface area contributed by atoms with Crippen LogP contribution >= 0.6 is 0 Å². The Morgan fingerprint density at radius 1 is 1.64 bits per heavy atom. The maximum absolute atomic E-state index is 10.4. The molecule has 0 radical (unpaired) electrons. The number of hydrogen-bond donors (Lipinski definition) is 2. The number of carbonyl (C=O) groups is 1. The third kappa shape index (κ3) is 2.38. The van der Waals surface area contributed by atoms with Gasteiger partial charge in [0, 0.05) is 6.07 Å². The Morgan fingerprint density at radius 3 is 2.93 bits per heavy atom. The number of nitrogens with two attached hydrogens (primary N) is 1. The molecule has 0 heterocycles. The van der Waals surface area contributed by atoms with Crippen molar-refractivity contribution in [1.29, 1.82) is 5.26 Å². The number of rotatable bonds is 3. The molecule has 0 aliphatic heterocycles. The van der Waals surface area contributed by atoms with Crippen LogP contribution in [0.3, 0.4) is 0 Å². The van der Waals surface area contributed by atoms with Crippen LogP contribution in [0, 0.1) is 11.3 Å². The van der Waals surface area contributed by atoms with Gasteiger partial charge in [-0.3, -0.25) is 4.79 Å². The lowest BCUT2D eigenvalue weighted by molar-refractivity contribution is -0.119. The summed E-state index contributed by atoms with van der Waals surface area (Å²) in [5.74, 6) is -0.535. The van der Waals surface area contributed by atoms with Crippen LogP contribution in [-0.4, -0.2) is 17.6 Å². The number of primary amides is 1. The highest BCUT2D eigenvalue weighted by Crippen LogP contribution is 2.22. The van der Waals surface area contributed by atoms with Crippen molar-refractivity contribution in [2.45, 2.75) is 0 Å². The van der Waals surface area contributed by atoms with Gasteiger partial charge in [0.25, 0.3) is 5.91 Å². The monoisotopic (exact) mass is 192 g/mol. The average Bonchev–Trinajstić information content (AvgIpc) is 2.15. The van der Waals surface area contributed by atoms with E-state index in [2.05, 4.69) is 0 Å². The Balaban J connectivity index is 2.89. The minimum atomic E-state index is -0.641. The predicted octanol–water partition coefficient (Wildman–Crippen LogP) is 0.128. The molecule has 1 rings (SSSR count). The van der Waals surface area contributed by atoms with Crippen molar-refractivity contribution in [3.63, 3.8) is 0 Å². The largest absolute Gasteiger partial charge is 0.508 e. The summed E-state index contributed by atoms with van der Waals surface area (Å²) in [4.78, 5) is 10.4. The van der Waals surface area contributed by atoms with Gasteiger partial charge in [-0.1, -0.05) is 0 Å². The van der Waals surface area contributed by atoms with Gasteiger partial charge in [0.15, 0.2) is 6.61 Å². The Bertz CT molecular complexity index is 396. The summed E-state index contributed by atoms with van der Waals surface area (Å²) < 4.78 is 4.91. The molecule has 0 fully saturated rings. The molecule has 1 aromatic carbocycles. The van der Waals surface area contributed by atoms with Crippen molar-refractivity contribution in [3.05, 3.63) is 23.8 Å². The first-order valence-corrected chi connectivity index (χ1v) is 3.77. The Morgan fingerprint density at radius 2 is 2.36 bits per heavy atom. The topological polar surface area (TPSA) is 96.3 Å². The molecule has 0 unspecified atom stereocenters. The highest BCUT2D eigenvalue weighted by molar-refractivity contribution is 5.75. The van der Waals surface area contributed by atoms with E-state index in [0.717, 1.165) is 0 Å². The van der Waals surface area contributed by atoms with Crippen LogP contribution in [0.5, 0.6) is 11.5 Å². The number of aromatic hydroxyl groups is 1. The lowest BCUT2D eigenvalue weighted by atomic mass is 10.2. The van der Waals surface area contributed by atoms with E-state index in [1.807, 2.05) is 6.07 Å². The zero-order valence-electron chi connectivity index (χ0n) is 7.23. The first-order chi connectivity index (χ1) is 6.63. The number of phenols is 1. The van der Waals surface area contributed by atoms with Crippen LogP contribution in [0.2, 0.25) is 0 Å². The summed E-state index contributed by atoms with van der Waals surface area (Å²) in [7, 11) is 0. The van der Waals surface area contributed by atoms with Crippen molar-refractivity contribution in [2.24, 2.45) is 5.73 Å². The van der Waals surface area contributed by atoms with Gasteiger partial charge in [0.2, 0.25) is 0 Å². The summed E-state index contributed by atoms with van der Waals surface area (Å²) in [5.41, 5.74) is 5.10. The van der Waals surface area contributed by atoms with Crippen LogP contribution in [0.1, 0.15) is 5.56 Å². The highest BCUT2D eigenvalue weighted by atomic mass is 16.5. The molecule has 0 aromatic heterocycles. The fourth-order valence-electron chi connectivity index (χ4n) is 0.872. The fraction of sp³-hybridized carbons (Fsp3) is 0.111. The number of nitriles is 1. The summed E-state index contributed by atoms with van der Waals surface area (Å²) >= 11 is 0. The van der Waals surface area contributed by atoms with Crippen LogP contribution in [0.4, 0.5) is 0 Å². The van der Waals surface area contributed by atoms with Gasteiger partial charge in [0.1, 0.15) is 17.6 Å². The molecule has 14 heavy (non-hydrogen) atoms. The molecule has 5 nitrogen and oxygen atoms in total.